The highest BCUT2D eigenvalue weighted by atomic mass is 19.1. The number of amidine groups is 1. The summed E-state index contributed by atoms with van der Waals surface area (Å²) in [5, 5.41) is 10.5. The Morgan fingerprint density at radius 3 is 2.34 bits per heavy atom. The summed E-state index contributed by atoms with van der Waals surface area (Å²) < 4.78 is 28.7. The largest absolute Gasteiger partial charge is 0.345 e. The van der Waals surface area contributed by atoms with E-state index < -0.39 is 17.3 Å². The summed E-state index contributed by atoms with van der Waals surface area (Å²) in [6, 6.07) is 10.2. The van der Waals surface area contributed by atoms with Gasteiger partial charge in [-0.3, -0.25) is 14.6 Å². The third kappa shape index (κ3) is 6.79. The average molecular weight is 605 g/mol. The van der Waals surface area contributed by atoms with Crippen LogP contribution < -0.4 is 5.32 Å². The van der Waals surface area contributed by atoms with Crippen molar-refractivity contribution in [1.82, 2.24) is 10.2 Å². The van der Waals surface area contributed by atoms with E-state index in [2.05, 4.69) is 48.2 Å². The monoisotopic (exact) mass is 604 g/mol. The van der Waals surface area contributed by atoms with Crippen LogP contribution >= 0.6 is 0 Å². The highest BCUT2D eigenvalue weighted by Crippen LogP contribution is 2.50. The number of unbranched alkanes of at least 4 members (excludes halogenated alkanes) is 2. The Balaban J connectivity index is 1.48. The number of carbonyl (C=O) groups excluding carboxylic acids is 2. The van der Waals surface area contributed by atoms with Crippen molar-refractivity contribution in [1.29, 1.82) is 0 Å². The van der Waals surface area contributed by atoms with E-state index in [9.17, 15) is 18.4 Å². The summed E-state index contributed by atoms with van der Waals surface area (Å²) in [5.74, 6) is -1.08. The fourth-order valence-electron chi connectivity index (χ4n) is 6.72. The van der Waals surface area contributed by atoms with Gasteiger partial charge in [-0.15, -0.1) is 5.11 Å². The Labute approximate surface area is 258 Å². The second-order valence-corrected chi connectivity index (χ2v) is 13.2. The van der Waals surface area contributed by atoms with Gasteiger partial charge in [0.05, 0.1) is 12.6 Å². The van der Waals surface area contributed by atoms with Gasteiger partial charge in [-0.25, -0.2) is 13.8 Å². The molecule has 2 aliphatic heterocycles. The van der Waals surface area contributed by atoms with Crippen LogP contribution in [0.3, 0.4) is 0 Å². The molecule has 0 bridgehead atoms. The van der Waals surface area contributed by atoms with Crippen molar-refractivity contribution in [2.45, 2.75) is 90.8 Å². The molecule has 3 aliphatic rings. The number of azo groups is 1. The molecule has 0 aromatic heterocycles. The molecule has 0 radical (unpaired) electrons. The van der Waals surface area contributed by atoms with Crippen LogP contribution in [0.1, 0.15) is 107 Å². The number of nitrogens with zero attached hydrogens (tertiary/aromatic N) is 5. The number of nitrogens with one attached hydrogen (secondary N) is 1. The minimum absolute atomic E-state index is 0.112. The SMILES string of the molecule is CCCCC[C@H](c1ccc(C(=O)NCC2=NCN=N2)cc1)N1C(=O)C(c2cc(F)cc(F)c2)=NC12CCC(C(C)(C)C)CC2. The number of hydrogen-bond donors (Lipinski definition) is 1. The average Bonchev–Trinajstić information content (AvgIpc) is 3.60. The van der Waals surface area contributed by atoms with Gasteiger partial charge in [0.15, 0.2) is 12.5 Å². The maximum absolute atomic E-state index is 14.4. The molecular formula is C34H42F2N6O2. The third-order valence-electron chi connectivity index (χ3n) is 9.20. The zero-order chi connectivity index (χ0) is 31.5. The van der Waals surface area contributed by atoms with Crippen molar-refractivity contribution in [3.05, 3.63) is 70.8 Å². The lowest BCUT2D eigenvalue weighted by atomic mass is 9.69. The van der Waals surface area contributed by atoms with Gasteiger partial charge in [-0.2, -0.15) is 5.11 Å². The molecule has 0 saturated heterocycles. The van der Waals surface area contributed by atoms with Gasteiger partial charge >= 0.3 is 0 Å². The fourth-order valence-corrected chi connectivity index (χ4v) is 6.72. The van der Waals surface area contributed by atoms with E-state index in [0.29, 0.717) is 36.6 Å². The summed E-state index contributed by atoms with van der Waals surface area (Å²) in [6.45, 7) is 9.35. The predicted octanol–water partition coefficient (Wildman–Crippen LogP) is 7.40. The summed E-state index contributed by atoms with van der Waals surface area (Å²) in [5.41, 5.74) is 0.980. The second kappa shape index (κ2) is 13.0. The molecule has 1 spiro atoms. The van der Waals surface area contributed by atoms with Gasteiger partial charge in [0, 0.05) is 17.2 Å². The van der Waals surface area contributed by atoms with Crippen LogP contribution in [0.15, 0.2) is 62.7 Å². The summed E-state index contributed by atoms with van der Waals surface area (Å²) in [4.78, 5) is 38.3. The summed E-state index contributed by atoms with van der Waals surface area (Å²) in [7, 11) is 0. The molecule has 234 valence electrons. The zero-order valence-electron chi connectivity index (χ0n) is 26.1. The van der Waals surface area contributed by atoms with E-state index in [4.69, 9.17) is 4.99 Å². The van der Waals surface area contributed by atoms with E-state index in [1.54, 1.807) is 12.1 Å². The van der Waals surface area contributed by atoms with Crippen LogP contribution in [0.5, 0.6) is 0 Å². The lowest BCUT2D eigenvalue weighted by Gasteiger charge is -2.47. The molecule has 2 aromatic carbocycles. The lowest BCUT2D eigenvalue weighted by Crippen LogP contribution is -2.51. The highest BCUT2D eigenvalue weighted by molar-refractivity contribution is 6.46. The minimum atomic E-state index is -0.805. The van der Waals surface area contributed by atoms with Crippen LogP contribution in [-0.2, 0) is 4.79 Å². The molecule has 1 atom stereocenters. The molecule has 1 saturated carbocycles. The van der Waals surface area contributed by atoms with Crippen molar-refractivity contribution in [2.24, 2.45) is 31.5 Å². The first-order valence-electron chi connectivity index (χ1n) is 15.7. The van der Waals surface area contributed by atoms with Crippen molar-refractivity contribution in [2.75, 3.05) is 13.2 Å². The van der Waals surface area contributed by atoms with Crippen molar-refractivity contribution in [3.8, 4) is 0 Å². The van der Waals surface area contributed by atoms with Crippen molar-refractivity contribution >= 4 is 23.4 Å². The quantitative estimate of drug-likeness (QED) is 0.286. The Bertz CT molecular complexity index is 1450. The number of rotatable bonds is 10. The van der Waals surface area contributed by atoms with Crippen molar-refractivity contribution in [3.63, 3.8) is 0 Å². The minimum Gasteiger partial charge on any atom is -0.345 e. The molecule has 1 aliphatic carbocycles. The van der Waals surface area contributed by atoms with Gasteiger partial charge < -0.3 is 10.2 Å². The number of carbonyl (C=O) groups is 2. The van der Waals surface area contributed by atoms with E-state index in [0.717, 1.165) is 43.7 Å². The number of amides is 2. The standard InChI is InChI=1S/C34H42F2N6O2/c1-5-6-7-8-28(22-9-11-23(12-10-22)31(43)37-20-29-38-21-39-41-29)42-32(44)30(24-17-26(35)19-27(36)18-24)40-34(42)15-13-25(14-16-34)33(2,3)4/h9-12,17-19,25,28H,5-8,13-16,20-21H2,1-4H3,(H,37,43)/t25?,28-,34?/m1/s1. The molecule has 8 nitrogen and oxygen atoms in total. The summed E-state index contributed by atoms with van der Waals surface area (Å²) >= 11 is 0. The number of aliphatic imine (C=N–C) groups is 2. The molecule has 1 fully saturated rings. The number of halogens is 2. The molecule has 10 heteroatoms. The van der Waals surface area contributed by atoms with Crippen LogP contribution in [0.4, 0.5) is 8.78 Å². The highest BCUT2D eigenvalue weighted by Gasteiger charge is 2.52. The predicted molar refractivity (Wildman–Crippen MR) is 167 cm³/mol. The maximum Gasteiger partial charge on any atom is 0.275 e. The Hall–Kier alpha value is -3.82. The van der Waals surface area contributed by atoms with Crippen LogP contribution in [-0.4, -0.2) is 47.1 Å². The van der Waals surface area contributed by atoms with Gasteiger partial charge in [0.2, 0.25) is 0 Å². The molecule has 1 N–H and O–H groups in total. The smallest absolute Gasteiger partial charge is 0.275 e. The first-order valence-corrected chi connectivity index (χ1v) is 15.7. The molecule has 44 heavy (non-hydrogen) atoms. The van der Waals surface area contributed by atoms with Crippen LogP contribution in [0.2, 0.25) is 0 Å². The third-order valence-corrected chi connectivity index (χ3v) is 9.20. The van der Waals surface area contributed by atoms with Gasteiger partial charge in [0.1, 0.15) is 23.0 Å². The van der Waals surface area contributed by atoms with E-state index in [1.165, 1.54) is 12.1 Å². The molecule has 2 amide bonds. The van der Waals surface area contributed by atoms with Gasteiger partial charge in [-0.05, 0) is 73.3 Å². The van der Waals surface area contributed by atoms with Crippen LogP contribution in [0, 0.1) is 23.0 Å². The first kappa shape index (κ1) is 31.6. The molecular weight excluding hydrogens is 562 g/mol. The first-order chi connectivity index (χ1) is 21.0. The van der Waals surface area contributed by atoms with Gasteiger partial charge in [0.25, 0.3) is 11.8 Å². The Kier molecular flexibility index (Phi) is 9.37. The fraction of sp³-hybridized carbons (Fsp3) is 0.529. The zero-order valence-corrected chi connectivity index (χ0v) is 26.1. The molecule has 0 unspecified atom stereocenters. The topological polar surface area (TPSA) is 98.9 Å². The number of benzene rings is 2. The van der Waals surface area contributed by atoms with E-state index in [1.807, 2.05) is 17.0 Å². The lowest BCUT2D eigenvalue weighted by molar-refractivity contribution is -0.133. The Morgan fingerprint density at radius 1 is 1.07 bits per heavy atom. The van der Waals surface area contributed by atoms with Gasteiger partial charge in [-0.1, -0.05) is 59.1 Å². The van der Waals surface area contributed by atoms with Crippen molar-refractivity contribution < 1.29 is 18.4 Å². The molecule has 5 rings (SSSR count). The summed E-state index contributed by atoms with van der Waals surface area (Å²) in [6.07, 6.45) is 6.77. The van der Waals surface area contributed by atoms with E-state index in [-0.39, 0.29) is 47.8 Å². The maximum atomic E-state index is 14.4. The molecule has 2 aromatic rings. The van der Waals surface area contributed by atoms with E-state index >= 15 is 0 Å². The van der Waals surface area contributed by atoms with Crippen LogP contribution in [0.25, 0.3) is 0 Å². The Morgan fingerprint density at radius 2 is 1.75 bits per heavy atom. The number of hydrogen-bond acceptors (Lipinski definition) is 6. The normalized spacial score (nSPS) is 22.4. The molecule has 2 heterocycles. The second-order valence-electron chi connectivity index (χ2n) is 13.2.